The van der Waals surface area contributed by atoms with Crippen molar-refractivity contribution in [2.45, 2.75) is 36.6 Å². The lowest BCUT2D eigenvalue weighted by molar-refractivity contribution is -0.384. The lowest BCUT2D eigenvalue weighted by atomic mass is 9.84. The van der Waals surface area contributed by atoms with E-state index in [0.29, 0.717) is 18.2 Å². The zero-order valence-corrected chi connectivity index (χ0v) is 14.4. The summed E-state index contributed by atoms with van der Waals surface area (Å²) in [7, 11) is 0. The molecular formula is C15H22ClN3O3S. The number of hydrogen-bond donors (Lipinski definition) is 2. The van der Waals surface area contributed by atoms with E-state index in [1.807, 2.05) is 0 Å². The molecule has 1 aliphatic carbocycles. The highest BCUT2D eigenvalue weighted by atomic mass is 35.5. The molecule has 23 heavy (non-hydrogen) atoms. The number of thioether (sulfide) groups is 1. The standard InChI is InChI=1S/C15H21N3O3S.ClH/c16-9-11-3-1-2-4-14(11)17-15(19)10-22-13-7-5-12(6-8-13)18(20)21;/h5-8,11,14H,1-4,9-10,16H2,(H,17,19);1H. The Hall–Kier alpha value is -1.31. The van der Waals surface area contributed by atoms with Crippen LogP contribution in [0.1, 0.15) is 25.7 Å². The van der Waals surface area contributed by atoms with Gasteiger partial charge >= 0.3 is 0 Å². The van der Waals surface area contributed by atoms with Gasteiger partial charge in [0.25, 0.3) is 5.69 Å². The van der Waals surface area contributed by atoms with Crippen LogP contribution in [0.3, 0.4) is 0 Å². The van der Waals surface area contributed by atoms with E-state index in [4.69, 9.17) is 5.73 Å². The van der Waals surface area contributed by atoms with Crippen molar-refractivity contribution in [3.05, 3.63) is 34.4 Å². The van der Waals surface area contributed by atoms with Crippen LogP contribution >= 0.6 is 24.2 Å². The number of carbonyl (C=O) groups is 1. The van der Waals surface area contributed by atoms with Crippen molar-refractivity contribution in [3.8, 4) is 0 Å². The Morgan fingerprint density at radius 1 is 1.30 bits per heavy atom. The first-order valence-corrected chi connectivity index (χ1v) is 8.45. The zero-order valence-electron chi connectivity index (χ0n) is 12.8. The van der Waals surface area contributed by atoms with Crippen LogP contribution in [-0.4, -0.2) is 29.2 Å². The van der Waals surface area contributed by atoms with E-state index in [0.717, 1.165) is 24.2 Å². The molecule has 1 saturated carbocycles. The molecule has 2 atom stereocenters. The monoisotopic (exact) mass is 359 g/mol. The largest absolute Gasteiger partial charge is 0.352 e. The van der Waals surface area contributed by atoms with Gasteiger partial charge in [0, 0.05) is 23.1 Å². The van der Waals surface area contributed by atoms with E-state index in [-0.39, 0.29) is 30.0 Å². The minimum Gasteiger partial charge on any atom is -0.352 e. The molecule has 128 valence electrons. The molecule has 8 heteroatoms. The number of amides is 1. The second-order valence-electron chi connectivity index (χ2n) is 5.49. The minimum atomic E-state index is -0.433. The number of nitro benzene ring substituents is 1. The summed E-state index contributed by atoms with van der Waals surface area (Å²) in [5.74, 6) is 0.682. The summed E-state index contributed by atoms with van der Waals surface area (Å²) in [4.78, 5) is 23.0. The van der Waals surface area contributed by atoms with Gasteiger partial charge in [-0.15, -0.1) is 24.2 Å². The first-order valence-electron chi connectivity index (χ1n) is 7.47. The molecule has 0 aromatic heterocycles. The Labute approximate surface area is 146 Å². The van der Waals surface area contributed by atoms with Crippen LogP contribution in [0.4, 0.5) is 5.69 Å². The molecule has 0 spiro atoms. The number of nitrogens with zero attached hydrogens (tertiary/aromatic N) is 1. The van der Waals surface area contributed by atoms with Gasteiger partial charge in [0.1, 0.15) is 0 Å². The van der Waals surface area contributed by atoms with Crippen molar-refractivity contribution < 1.29 is 9.72 Å². The van der Waals surface area contributed by atoms with Crippen molar-refractivity contribution in [3.63, 3.8) is 0 Å². The number of non-ortho nitro benzene ring substituents is 1. The van der Waals surface area contributed by atoms with E-state index >= 15 is 0 Å². The maximum Gasteiger partial charge on any atom is 0.269 e. The van der Waals surface area contributed by atoms with Crippen LogP contribution in [0.2, 0.25) is 0 Å². The molecule has 3 N–H and O–H groups in total. The highest BCUT2D eigenvalue weighted by molar-refractivity contribution is 8.00. The van der Waals surface area contributed by atoms with Crippen LogP contribution in [0, 0.1) is 16.0 Å². The number of hydrogen-bond acceptors (Lipinski definition) is 5. The molecule has 0 radical (unpaired) electrons. The Morgan fingerprint density at radius 3 is 2.57 bits per heavy atom. The minimum absolute atomic E-state index is 0. The molecule has 1 aromatic carbocycles. The Balaban J connectivity index is 0.00000264. The van der Waals surface area contributed by atoms with Crippen molar-refractivity contribution >= 4 is 35.8 Å². The van der Waals surface area contributed by atoms with E-state index in [1.165, 1.54) is 30.3 Å². The Morgan fingerprint density at radius 2 is 1.96 bits per heavy atom. The van der Waals surface area contributed by atoms with E-state index < -0.39 is 4.92 Å². The third kappa shape index (κ3) is 6.01. The average molecular weight is 360 g/mol. The second kappa shape index (κ2) is 9.75. The van der Waals surface area contributed by atoms with E-state index in [2.05, 4.69) is 5.32 Å². The van der Waals surface area contributed by atoms with Crippen molar-refractivity contribution in [2.75, 3.05) is 12.3 Å². The summed E-state index contributed by atoms with van der Waals surface area (Å²) in [5.41, 5.74) is 5.82. The van der Waals surface area contributed by atoms with Gasteiger partial charge < -0.3 is 11.1 Å². The summed E-state index contributed by atoms with van der Waals surface area (Å²) >= 11 is 1.38. The molecular weight excluding hydrogens is 338 g/mol. The van der Waals surface area contributed by atoms with Gasteiger partial charge in [0.05, 0.1) is 10.7 Å². The number of halogens is 1. The SMILES string of the molecule is Cl.NCC1CCCCC1NC(=O)CSc1ccc([N+](=O)[O-])cc1. The Bertz CT molecular complexity index is 527. The average Bonchev–Trinajstić information content (AvgIpc) is 2.54. The lowest BCUT2D eigenvalue weighted by Crippen LogP contribution is -2.45. The molecule has 0 saturated heterocycles. The fourth-order valence-corrected chi connectivity index (χ4v) is 3.45. The van der Waals surface area contributed by atoms with Crippen molar-refractivity contribution in [2.24, 2.45) is 11.7 Å². The van der Waals surface area contributed by atoms with Crippen LogP contribution in [0.5, 0.6) is 0 Å². The Kier molecular flexibility index (Phi) is 8.36. The van der Waals surface area contributed by atoms with Crippen LogP contribution in [-0.2, 0) is 4.79 Å². The van der Waals surface area contributed by atoms with E-state index in [1.54, 1.807) is 12.1 Å². The predicted molar refractivity (Wildman–Crippen MR) is 94.0 cm³/mol. The number of nitrogens with two attached hydrogens (primary N) is 1. The second-order valence-corrected chi connectivity index (χ2v) is 6.54. The van der Waals surface area contributed by atoms with Gasteiger partial charge in [0.15, 0.2) is 0 Å². The highest BCUT2D eigenvalue weighted by Crippen LogP contribution is 2.24. The van der Waals surface area contributed by atoms with Crippen LogP contribution in [0.25, 0.3) is 0 Å². The molecule has 1 aromatic rings. The summed E-state index contributed by atoms with van der Waals surface area (Å²) in [6.45, 7) is 0.612. The molecule has 1 amide bonds. The summed E-state index contributed by atoms with van der Waals surface area (Å²) in [5, 5.41) is 13.7. The number of carbonyl (C=O) groups excluding carboxylic acids is 1. The topological polar surface area (TPSA) is 98.3 Å². The zero-order chi connectivity index (χ0) is 15.9. The lowest BCUT2D eigenvalue weighted by Gasteiger charge is -2.31. The van der Waals surface area contributed by atoms with Crippen molar-refractivity contribution in [1.29, 1.82) is 0 Å². The van der Waals surface area contributed by atoms with Gasteiger partial charge in [0.2, 0.25) is 5.91 Å². The molecule has 2 rings (SSSR count). The predicted octanol–water partition coefficient (Wildman–Crippen LogP) is 2.74. The van der Waals surface area contributed by atoms with Gasteiger partial charge in [-0.05, 0) is 37.4 Å². The fourth-order valence-electron chi connectivity index (χ4n) is 2.74. The van der Waals surface area contributed by atoms with Crippen molar-refractivity contribution in [1.82, 2.24) is 5.32 Å². The fraction of sp³-hybridized carbons (Fsp3) is 0.533. The number of nitrogens with one attached hydrogen (secondary N) is 1. The summed E-state index contributed by atoms with van der Waals surface area (Å²) in [6.07, 6.45) is 4.40. The molecule has 0 aliphatic heterocycles. The normalized spacial score (nSPS) is 20.4. The molecule has 1 aliphatic rings. The van der Waals surface area contributed by atoms with Gasteiger partial charge in [-0.25, -0.2) is 0 Å². The molecule has 0 heterocycles. The van der Waals surface area contributed by atoms with E-state index in [9.17, 15) is 14.9 Å². The maximum atomic E-state index is 12.0. The van der Waals surface area contributed by atoms with Gasteiger partial charge in [-0.2, -0.15) is 0 Å². The number of benzene rings is 1. The van der Waals surface area contributed by atoms with Crippen LogP contribution in [0.15, 0.2) is 29.2 Å². The summed E-state index contributed by atoms with van der Waals surface area (Å²) in [6, 6.07) is 6.42. The maximum absolute atomic E-state index is 12.0. The summed E-state index contributed by atoms with van der Waals surface area (Å²) < 4.78 is 0. The number of rotatable bonds is 6. The molecule has 0 bridgehead atoms. The first-order chi connectivity index (χ1) is 10.6. The third-order valence-corrected chi connectivity index (χ3v) is 4.99. The molecule has 2 unspecified atom stereocenters. The third-order valence-electron chi connectivity index (χ3n) is 3.98. The molecule has 6 nitrogen and oxygen atoms in total. The smallest absolute Gasteiger partial charge is 0.269 e. The number of nitro groups is 1. The van der Waals surface area contributed by atoms with Gasteiger partial charge in [-0.3, -0.25) is 14.9 Å². The first kappa shape index (κ1) is 19.7. The quantitative estimate of drug-likeness (QED) is 0.462. The molecule has 1 fully saturated rings. The van der Waals surface area contributed by atoms with Crippen LogP contribution < -0.4 is 11.1 Å². The highest BCUT2D eigenvalue weighted by Gasteiger charge is 2.25. The van der Waals surface area contributed by atoms with Gasteiger partial charge in [-0.1, -0.05) is 12.8 Å².